The van der Waals surface area contributed by atoms with Crippen LogP contribution in [0.3, 0.4) is 0 Å². The van der Waals surface area contributed by atoms with Crippen molar-refractivity contribution in [3.8, 4) is 0 Å². The van der Waals surface area contributed by atoms with Gasteiger partial charge < -0.3 is 15.1 Å². The molecule has 3 aliphatic rings. The van der Waals surface area contributed by atoms with Gasteiger partial charge in [0.15, 0.2) is 0 Å². The fraction of sp³-hybridized carbons (Fsp3) is 0.579. The van der Waals surface area contributed by atoms with Gasteiger partial charge in [0.1, 0.15) is 11.6 Å². The maximum Gasteiger partial charge on any atom is 0.321 e. The van der Waals surface area contributed by atoms with E-state index in [9.17, 15) is 18.4 Å². The summed E-state index contributed by atoms with van der Waals surface area (Å²) in [6.07, 6.45) is 5.36. The van der Waals surface area contributed by atoms with Crippen LogP contribution in [0, 0.1) is 17.0 Å². The van der Waals surface area contributed by atoms with Crippen LogP contribution in [0.5, 0.6) is 0 Å². The molecule has 1 saturated carbocycles. The van der Waals surface area contributed by atoms with E-state index in [1.54, 1.807) is 4.90 Å². The molecule has 1 aliphatic carbocycles. The molecule has 2 heterocycles. The Labute approximate surface area is 151 Å². The van der Waals surface area contributed by atoms with Crippen molar-refractivity contribution in [2.24, 2.45) is 5.41 Å². The van der Waals surface area contributed by atoms with E-state index in [0.717, 1.165) is 44.2 Å². The molecule has 26 heavy (non-hydrogen) atoms. The van der Waals surface area contributed by atoms with Gasteiger partial charge in [-0.05, 0) is 44.2 Å². The Kier molecular flexibility index (Phi) is 4.32. The van der Waals surface area contributed by atoms with Gasteiger partial charge in [0, 0.05) is 43.6 Å². The Morgan fingerprint density at radius 3 is 2.73 bits per heavy atom. The standard InChI is InChI=1S/C19H23F2N3O2/c20-13-2-5-16(15(21)10-13)22-18(26)23-9-1-7-19(11-23)8-6-17(25)24(12-19)14-3-4-14/h2,5,10,14H,1,3-4,6-9,11-12H2,(H,22,26). The van der Waals surface area contributed by atoms with Crippen molar-refractivity contribution in [2.75, 3.05) is 25.0 Å². The minimum atomic E-state index is -0.784. The van der Waals surface area contributed by atoms with Crippen molar-refractivity contribution >= 4 is 17.6 Å². The van der Waals surface area contributed by atoms with Crippen molar-refractivity contribution in [1.29, 1.82) is 0 Å². The number of rotatable bonds is 2. The van der Waals surface area contributed by atoms with Crippen LogP contribution < -0.4 is 5.32 Å². The summed E-state index contributed by atoms with van der Waals surface area (Å²) in [7, 11) is 0. The summed E-state index contributed by atoms with van der Waals surface area (Å²) in [6, 6.07) is 3.13. The Hall–Kier alpha value is -2.18. The third kappa shape index (κ3) is 3.39. The smallest absolute Gasteiger partial charge is 0.321 e. The van der Waals surface area contributed by atoms with Crippen molar-refractivity contribution in [3.05, 3.63) is 29.8 Å². The molecule has 0 radical (unpaired) electrons. The number of likely N-dealkylation sites (tertiary alicyclic amines) is 2. The maximum absolute atomic E-state index is 13.8. The molecule has 2 aliphatic heterocycles. The van der Waals surface area contributed by atoms with Crippen molar-refractivity contribution in [2.45, 2.75) is 44.6 Å². The predicted octanol–water partition coefficient (Wildman–Crippen LogP) is 3.36. The summed E-state index contributed by atoms with van der Waals surface area (Å²) in [5.41, 5.74) is -0.0811. The number of anilines is 1. The maximum atomic E-state index is 13.8. The molecule has 0 aromatic heterocycles. The van der Waals surface area contributed by atoms with Gasteiger partial charge in [-0.1, -0.05) is 0 Å². The molecule has 1 atom stereocenters. The van der Waals surface area contributed by atoms with E-state index < -0.39 is 11.6 Å². The Balaban J connectivity index is 1.44. The molecule has 1 N–H and O–H groups in total. The molecule has 2 saturated heterocycles. The molecule has 3 fully saturated rings. The molecule has 1 spiro atoms. The van der Waals surface area contributed by atoms with Crippen LogP contribution in [0.4, 0.5) is 19.3 Å². The summed E-state index contributed by atoms with van der Waals surface area (Å²) < 4.78 is 26.8. The van der Waals surface area contributed by atoms with E-state index in [1.165, 1.54) is 6.07 Å². The fourth-order valence-electron chi connectivity index (χ4n) is 4.26. The van der Waals surface area contributed by atoms with Gasteiger partial charge in [0.25, 0.3) is 0 Å². The van der Waals surface area contributed by atoms with Crippen LogP contribution in [0.2, 0.25) is 0 Å². The van der Waals surface area contributed by atoms with Crippen LogP contribution in [-0.4, -0.2) is 47.4 Å². The molecule has 5 nitrogen and oxygen atoms in total. The van der Waals surface area contributed by atoms with Crippen molar-refractivity contribution in [1.82, 2.24) is 9.80 Å². The topological polar surface area (TPSA) is 52.7 Å². The molecular weight excluding hydrogens is 340 g/mol. The van der Waals surface area contributed by atoms with E-state index in [0.29, 0.717) is 32.1 Å². The van der Waals surface area contributed by atoms with E-state index >= 15 is 0 Å². The number of halogens is 2. The number of benzene rings is 1. The Morgan fingerprint density at radius 2 is 2.00 bits per heavy atom. The number of carbonyl (C=O) groups excluding carboxylic acids is 2. The van der Waals surface area contributed by atoms with E-state index in [2.05, 4.69) is 5.32 Å². The van der Waals surface area contributed by atoms with Gasteiger partial charge in [-0.15, -0.1) is 0 Å². The number of carbonyl (C=O) groups is 2. The van der Waals surface area contributed by atoms with Gasteiger partial charge in [-0.2, -0.15) is 0 Å². The zero-order valence-electron chi connectivity index (χ0n) is 14.6. The fourth-order valence-corrected chi connectivity index (χ4v) is 4.26. The molecule has 1 aromatic rings. The molecular formula is C19H23F2N3O2. The highest BCUT2D eigenvalue weighted by Gasteiger charge is 2.46. The lowest BCUT2D eigenvalue weighted by atomic mass is 9.73. The van der Waals surface area contributed by atoms with E-state index in [-0.39, 0.29) is 23.0 Å². The minimum absolute atomic E-state index is 0.0190. The predicted molar refractivity (Wildman–Crippen MR) is 92.6 cm³/mol. The summed E-state index contributed by atoms with van der Waals surface area (Å²) in [6.45, 7) is 1.89. The largest absolute Gasteiger partial charge is 0.339 e. The lowest BCUT2D eigenvalue weighted by molar-refractivity contribution is -0.139. The van der Waals surface area contributed by atoms with Gasteiger partial charge in [-0.3, -0.25) is 4.79 Å². The van der Waals surface area contributed by atoms with Crippen LogP contribution in [0.15, 0.2) is 18.2 Å². The normalized spacial score (nSPS) is 26.3. The summed E-state index contributed by atoms with van der Waals surface area (Å²) >= 11 is 0. The first-order chi connectivity index (χ1) is 12.5. The highest BCUT2D eigenvalue weighted by molar-refractivity contribution is 5.89. The highest BCUT2D eigenvalue weighted by Crippen LogP contribution is 2.42. The van der Waals surface area contributed by atoms with Crippen LogP contribution in [0.1, 0.15) is 38.5 Å². The molecule has 3 amide bonds. The lowest BCUT2D eigenvalue weighted by Gasteiger charge is -2.48. The number of nitrogens with zero attached hydrogens (tertiary/aromatic N) is 2. The molecule has 7 heteroatoms. The third-order valence-electron chi connectivity index (χ3n) is 5.80. The third-order valence-corrected chi connectivity index (χ3v) is 5.80. The summed E-state index contributed by atoms with van der Waals surface area (Å²) in [5.74, 6) is -1.23. The second kappa shape index (κ2) is 6.52. The van der Waals surface area contributed by atoms with Crippen LogP contribution in [0.25, 0.3) is 0 Å². The van der Waals surface area contributed by atoms with Crippen molar-refractivity contribution in [3.63, 3.8) is 0 Å². The monoisotopic (exact) mass is 363 g/mol. The first-order valence-electron chi connectivity index (χ1n) is 9.26. The molecule has 140 valence electrons. The van der Waals surface area contributed by atoms with Gasteiger partial charge >= 0.3 is 6.03 Å². The number of hydrogen-bond acceptors (Lipinski definition) is 2. The van der Waals surface area contributed by atoms with Crippen LogP contribution in [-0.2, 0) is 4.79 Å². The number of hydrogen-bond donors (Lipinski definition) is 1. The lowest BCUT2D eigenvalue weighted by Crippen LogP contribution is -2.56. The zero-order valence-corrected chi connectivity index (χ0v) is 14.6. The summed E-state index contributed by atoms with van der Waals surface area (Å²) in [4.78, 5) is 28.5. The number of nitrogens with one attached hydrogen (secondary N) is 1. The first-order valence-corrected chi connectivity index (χ1v) is 9.26. The second-order valence-electron chi connectivity index (χ2n) is 7.83. The number of amides is 3. The van der Waals surface area contributed by atoms with E-state index in [1.807, 2.05) is 4.90 Å². The second-order valence-corrected chi connectivity index (χ2v) is 7.83. The van der Waals surface area contributed by atoms with Crippen molar-refractivity contribution < 1.29 is 18.4 Å². The molecule has 0 bridgehead atoms. The van der Waals surface area contributed by atoms with Gasteiger partial charge in [0.2, 0.25) is 5.91 Å². The minimum Gasteiger partial charge on any atom is -0.339 e. The SMILES string of the molecule is O=C(Nc1ccc(F)cc1F)N1CCCC2(CCC(=O)N(C3CC3)C2)C1. The zero-order chi connectivity index (χ0) is 18.3. The average molecular weight is 363 g/mol. The summed E-state index contributed by atoms with van der Waals surface area (Å²) in [5, 5.41) is 2.55. The molecule has 4 rings (SSSR count). The quantitative estimate of drug-likeness (QED) is 0.876. The Morgan fingerprint density at radius 1 is 1.19 bits per heavy atom. The van der Waals surface area contributed by atoms with Crippen LogP contribution >= 0.6 is 0 Å². The van der Waals surface area contributed by atoms with Gasteiger partial charge in [0.05, 0.1) is 5.69 Å². The number of urea groups is 1. The highest BCUT2D eigenvalue weighted by atomic mass is 19.1. The molecule has 1 unspecified atom stereocenters. The van der Waals surface area contributed by atoms with Gasteiger partial charge in [-0.25, -0.2) is 13.6 Å². The van der Waals surface area contributed by atoms with E-state index in [4.69, 9.17) is 0 Å². The molecule has 1 aromatic carbocycles. The first kappa shape index (κ1) is 17.2. The average Bonchev–Trinajstić information content (AvgIpc) is 3.45. The number of piperidine rings is 2. The Bertz CT molecular complexity index is 737.